The van der Waals surface area contributed by atoms with E-state index in [1.807, 2.05) is 10.9 Å². The number of rotatable bonds is 7. The number of hydrogen-bond donors (Lipinski definition) is 0. The van der Waals surface area contributed by atoms with Crippen LogP contribution in [0.3, 0.4) is 0 Å². The molecule has 8 nitrogen and oxygen atoms in total. The highest BCUT2D eigenvalue weighted by Crippen LogP contribution is 2.43. The van der Waals surface area contributed by atoms with Gasteiger partial charge in [-0.25, -0.2) is 15.0 Å². The van der Waals surface area contributed by atoms with E-state index < -0.39 is 16.6 Å². The summed E-state index contributed by atoms with van der Waals surface area (Å²) >= 11 is 0. The Bertz CT molecular complexity index is 1550. The first kappa shape index (κ1) is 30.1. The Morgan fingerprint density at radius 2 is 1.63 bits per heavy atom. The molecule has 1 aliphatic heterocycles. The first-order valence-electron chi connectivity index (χ1n) is 14.7. The van der Waals surface area contributed by atoms with Gasteiger partial charge >= 0.3 is 0 Å². The number of nitrogens with zero attached hydrogens (tertiary/aromatic N) is 5. The molecule has 3 atom stereocenters. The van der Waals surface area contributed by atoms with Gasteiger partial charge in [0, 0.05) is 18.0 Å². The smallest absolute Gasteiger partial charge is 0.192 e. The highest BCUT2D eigenvalue weighted by atomic mass is 28.4. The molecular formula is C31H47N5O3Si2. The number of imidazole rings is 1. The molecule has 0 N–H and O–H groups in total. The van der Waals surface area contributed by atoms with Crippen LogP contribution in [-0.2, 0) is 13.6 Å². The summed E-state index contributed by atoms with van der Waals surface area (Å²) in [6.07, 6.45) is 5.80. The molecule has 0 spiro atoms. The van der Waals surface area contributed by atoms with Crippen molar-refractivity contribution in [1.29, 1.82) is 0 Å². The molecule has 0 amide bonds. The zero-order valence-electron chi connectivity index (χ0n) is 26.6. The minimum atomic E-state index is -2.05. The van der Waals surface area contributed by atoms with Crippen LogP contribution in [0.2, 0.25) is 36.3 Å². The molecule has 1 aliphatic rings. The van der Waals surface area contributed by atoms with Crippen LogP contribution in [0.1, 0.15) is 59.8 Å². The average molecular weight is 594 g/mol. The summed E-state index contributed by atoms with van der Waals surface area (Å²) in [6, 6.07) is 8.37. The molecule has 10 heteroatoms. The molecule has 4 aromatic rings. The topological polar surface area (TPSA) is 76.2 Å². The second-order valence-electron chi connectivity index (χ2n) is 14.6. The van der Waals surface area contributed by atoms with Gasteiger partial charge in [-0.05, 0) is 54.8 Å². The number of aromatic nitrogens is 5. The largest absolute Gasteiger partial charge is 0.414 e. The van der Waals surface area contributed by atoms with Crippen molar-refractivity contribution in [3.63, 3.8) is 0 Å². The number of para-hydroxylation sites is 1. The number of aryl methyl sites for hydroxylation is 1. The van der Waals surface area contributed by atoms with E-state index >= 15 is 0 Å². The van der Waals surface area contributed by atoms with Crippen molar-refractivity contribution in [2.24, 2.45) is 0 Å². The Morgan fingerprint density at radius 3 is 2.32 bits per heavy atom. The van der Waals surface area contributed by atoms with Gasteiger partial charge in [-0.3, -0.25) is 9.13 Å². The lowest BCUT2D eigenvalue weighted by atomic mass is 10.2. The van der Waals surface area contributed by atoms with Crippen molar-refractivity contribution in [3.05, 3.63) is 48.7 Å². The summed E-state index contributed by atoms with van der Waals surface area (Å²) in [5.41, 5.74) is 3.80. The molecular weight excluding hydrogens is 547 g/mol. The zero-order chi connectivity index (χ0) is 30.0. The van der Waals surface area contributed by atoms with Gasteiger partial charge in [-0.1, -0.05) is 59.7 Å². The van der Waals surface area contributed by atoms with Crippen LogP contribution in [0.5, 0.6) is 0 Å². The third-order valence-corrected chi connectivity index (χ3v) is 18.6. The molecule has 3 aromatic heterocycles. The average Bonchev–Trinajstić information content (AvgIpc) is 3.56. The quantitative estimate of drug-likeness (QED) is 0.204. The van der Waals surface area contributed by atoms with E-state index in [1.165, 1.54) is 10.9 Å². The van der Waals surface area contributed by atoms with E-state index in [0.717, 1.165) is 22.5 Å². The first-order valence-corrected chi connectivity index (χ1v) is 20.5. The second-order valence-corrected chi connectivity index (χ2v) is 24.1. The maximum Gasteiger partial charge on any atom is 0.192 e. The number of hydrogen-bond acceptors (Lipinski definition) is 6. The number of fused-ring (bicyclic) bond motifs is 2. The normalized spacial score (nSPS) is 20.9. The lowest BCUT2D eigenvalue weighted by Gasteiger charge is -2.40. The van der Waals surface area contributed by atoms with Crippen LogP contribution in [0.25, 0.3) is 27.9 Å². The van der Waals surface area contributed by atoms with Gasteiger partial charge in [0.2, 0.25) is 0 Å². The Balaban J connectivity index is 1.48. The maximum atomic E-state index is 6.99. The van der Waals surface area contributed by atoms with Gasteiger partial charge in [-0.2, -0.15) is 0 Å². The van der Waals surface area contributed by atoms with Gasteiger partial charge in [0.15, 0.2) is 33.6 Å². The van der Waals surface area contributed by atoms with Gasteiger partial charge in [-0.15, -0.1) is 0 Å². The Morgan fingerprint density at radius 1 is 0.951 bits per heavy atom. The molecule has 1 fully saturated rings. The van der Waals surface area contributed by atoms with Crippen LogP contribution in [0, 0.1) is 6.92 Å². The highest BCUT2D eigenvalue weighted by molar-refractivity contribution is 6.74. The maximum absolute atomic E-state index is 6.99. The molecule has 5 rings (SSSR count). The van der Waals surface area contributed by atoms with Crippen molar-refractivity contribution in [2.75, 3.05) is 6.61 Å². The molecule has 0 unspecified atom stereocenters. The van der Waals surface area contributed by atoms with E-state index in [1.54, 1.807) is 6.33 Å². The molecule has 4 heterocycles. The highest BCUT2D eigenvalue weighted by Gasteiger charge is 2.47. The van der Waals surface area contributed by atoms with Crippen molar-refractivity contribution >= 4 is 38.7 Å². The van der Waals surface area contributed by atoms with E-state index in [2.05, 4.69) is 120 Å². The monoisotopic (exact) mass is 593 g/mol. The minimum absolute atomic E-state index is 0.0690. The van der Waals surface area contributed by atoms with Crippen LogP contribution >= 0.6 is 0 Å². The van der Waals surface area contributed by atoms with Gasteiger partial charge in [0.25, 0.3) is 0 Å². The van der Waals surface area contributed by atoms with Gasteiger partial charge < -0.3 is 13.6 Å². The SMILES string of the molecule is Cc1cn(-c2ncnc3c2ncn3[C@H]2C[C@H](O[Si](C)(C)C(C)(C)C)[C@@H](CO[Si](C)(C)C(C)(C)C)O2)c2ccccc12. The summed E-state index contributed by atoms with van der Waals surface area (Å²) in [4.78, 5) is 14.2. The fourth-order valence-corrected chi connectivity index (χ4v) is 7.33. The third kappa shape index (κ3) is 5.57. The van der Waals surface area contributed by atoms with Crippen molar-refractivity contribution in [2.45, 2.75) is 110 Å². The predicted octanol–water partition coefficient (Wildman–Crippen LogP) is 7.78. The van der Waals surface area contributed by atoms with Crippen LogP contribution in [-0.4, -0.2) is 59.5 Å². The lowest BCUT2D eigenvalue weighted by Crippen LogP contribution is -2.48. The fraction of sp³-hybridized carbons (Fsp3) is 0.581. The van der Waals surface area contributed by atoms with Crippen LogP contribution in [0.4, 0.5) is 0 Å². The Kier molecular flexibility index (Phi) is 7.64. The van der Waals surface area contributed by atoms with E-state index in [0.29, 0.717) is 13.0 Å². The molecule has 222 valence electrons. The predicted molar refractivity (Wildman–Crippen MR) is 171 cm³/mol. The molecule has 0 radical (unpaired) electrons. The van der Waals surface area contributed by atoms with Crippen LogP contribution < -0.4 is 0 Å². The first-order chi connectivity index (χ1) is 19.0. The third-order valence-electron chi connectivity index (χ3n) is 9.64. The van der Waals surface area contributed by atoms with Gasteiger partial charge in [0.1, 0.15) is 18.7 Å². The molecule has 41 heavy (non-hydrogen) atoms. The van der Waals surface area contributed by atoms with E-state index in [9.17, 15) is 0 Å². The molecule has 0 saturated carbocycles. The lowest BCUT2D eigenvalue weighted by molar-refractivity contribution is -0.0383. The summed E-state index contributed by atoms with van der Waals surface area (Å²) in [5.74, 6) is 0.767. The Hall–Kier alpha value is -2.38. The standard InChI is InChI=1S/C31H47N5O3Si2/c1-21-17-35(23-15-13-12-14-22(21)23)28-27-29(33-19-32-28)36(20-34-27)26-16-24(39-41(10,11)31(5,6)7)25(38-26)18-37-40(8,9)30(2,3)4/h12-15,17,19-20,24-26H,16,18H2,1-11H3/t24-,25+,26+/m0/s1. The van der Waals surface area contributed by atoms with Crippen molar-refractivity contribution < 1.29 is 13.6 Å². The molecule has 0 aliphatic carbocycles. The van der Waals surface area contributed by atoms with Crippen molar-refractivity contribution in [3.8, 4) is 5.82 Å². The van der Waals surface area contributed by atoms with Crippen molar-refractivity contribution in [1.82, 2.24) is 24.1 Å². The minimum Gasteiger partial charge on any atom is -0.414 e. The zero-order valence-corrected chi connectivity index (χ0v) is 28.6. The van der Waals surface area contributed by atoms with Crippen LogP contribution in [0.15, 0.2) is 43.1 Å². The fourth-order valence-electron chi connectivity index (χ4n) is 4.96. The second kappa shape index (κ2) is 10.4. The molecule has 0 bridgehead atoms. The number of benzene rings is 1. The Labute approximate surface area is 246 Å². The van der Waals surface area contributed by atoms with E-state index in [4.69, 9.17) is 18.6 Å². The number of ether oxygens (including phenoxy) is 1. The summed E-state index contributed by atoms with van der Waals surface area (Å²) in [6.45, 7) is 25.5. The molecule has 1 saturated heterocycles. The van der Waals surface area contributed by atoms with Gasteiger partial charge in [0.05, 0.1) is 24.6 Å². The van der Waals surface area contributed by atoms with E-state index in [-0.39, 0.29) is 28.5 Å². The summed E-state index contributed by atoms with van der Waals surface area (Å²) in [5, 5.41) is 1.42. The summed E-state index contributed by atoms with van der Waals surface area (Å²) < 4.78 is 24.6. The molecule has 1 aromatic carbocycles. The summed E-state index contributed by atoms with van der Waals surface area (Å²) in [7, 11) is -4.01.